The van der Waals surface area contributed by atoms with Gasteiger partial charge in [-0.1, -0.05) is 26.7 Å². The van der Waals surface area contributed by atoms with Crippen LogP contribution in [0.5, 0.6) is 0 Å². The summed E-state index contributed by atoms with van der Waals surface area (Å²) in [6.45, 7) is 12.5. The van der Waals surface area contributed by atoms with Crippen LogP contribution in [0.15, 0.2) is 0 Å². The molecule has 3 heteroatoms. The highest BCUT2D eigenvalue weighted by atomic mass is 16.5. The zero-order chi connectivity index (χ0) is 14.7. The SMILES string of the molecule is CCCCC(CC)OC1CC(C)(C)N([O])C(C)(C)C1. The second-order valence-corrected chi connectivity index (χ2v) is 7.26. The second kappa shape index (κ2) is 6.55. The smallest absolute Gasteiger partial charge is 0.0615 e. The summed E-state index contributed by atoms with van der Waals surface area (Å²) < 4.78 is 6.30. The van der Waals surface area contributed by atoms with Gasteiger partial charge in [0.05, 0.1) is 12.2 Å². The average Bonchev–Trinajstić information content (AvgIpc) is 2.30. The lowest BCUT2D eigenvalue weighted by Crippen LogP contribution is -2.60. The largest absolute Gasteiger partial charge is 0.375 e. The maximum atomic E-state index is 12.3. The molecule has 1 unspecified atom stereocenters. The Bertz CT molecular complexity index is 258. The molecule has 1 atom stereocenters. The van der Waals surface area contributed by atoms with Crippen molar-refractivity contribution in [3.05, 3.63) is 0 Å². The fraction of sp³-hybridized carbons (Fsp3) is 1.00. The normalized spacial score (nSPS) is 25.4. The lowest BCUT2D eigenvalue weighted by atomic mass is 9.80. The Kier molecular flexibility index (Phi) is 5.84. The lowest BCUT2D eigenvalue weighted by Gasteiger charge is -2.50. The third-order valence-corrected chi connectivity index (χ3v) is 4.27. The summed E-state index contributed by atoms with van der Waals surface area (Å²) in [6.07, 6.45) is 6.91. The Labute approximate surface area is 119 Å². The van der Waals surface area contributed by atoms with Crippen LogP contribution in [0.2, 0.25) is 0 Å². The summed E-state index contributed by atoms with van der Waals surface area (Å²) in [6, 6.07) is 0. The van der Waals surface area contributed by atoms with Crippen LogP contribution in [-0.4, -0.2) is 28.3 Å². The summed E-state index contributed by atoms with van der Waals surface area (Å²) in [5.41, 5.74) is -0.648. The van der Waals surface area contributed by atoms with Gasteiger partial charge < -0.3 is 4.74 Å². The van der Waals surface area contributed by atoms with Crippen LogP contribution in [0.4, 0.5) is 0 Å². The maximum Gasteiger partial charge on any atom is 0.0615 e. The van der Waals surface area contributed by atoms with E-state index in [0.717, 1.165) is 25.7 Å². The molecule has 0 bridgehead atoms. The monoisotopic (exact) mass is 270 g/mol. The van der Waals surface area contributed by atoms with E-state index in [1.807, 2.05) is 27.7 Å². The van der Waals surface area contributed by atoms with E-state index < -0.39 is 0 Å². The topological polar surface area (TPSA) is 32.4 Å². The summed E-state index contributed by atoms with van der Waals surface area (Å²) in [4.78, 5) is 0. The molecule has 0 amide bonds. The number of hydroxylamine groups is 2. The first kappa shape index (κ1) is 16.9. The minimum Gasteiger partial charge on any atom is -0.375 e. The number of nitrogens with zero attached hydrogens (tertiary/aromatic N) is 1. The molecule has 19 heavy (non-hydrogen) atoms. The van der Waals surface area contributed by atoms with Crippen molar-refractivity contribution in [1.29, 1.82) is 0 Å². The lowest BCUT2D eigenvalue weighted by molar-refractivity contribution is -0.303. The van der Waals surface area contributed by atoms with Crippen LogP contribution in [0.25, 0.3) is 0 Å². The quantitative estimate of drug-likeness (QED) is 0.719. The van der Waals surface area contributed by atoms with Gasteiger partial charge in [0, 0.05) is 11.1 Å². The van der Waals surface area contributed by atoms with Crippen molar-refractivity contribution in [3.63, 3.8) is 0 Å². The van der Waals surface area contributed by atoms with Crippen LogP contribution in [0.1, 0.15) is 80.1 Å². The molecule has 1 saturated heterocycles. The van der Waals surface area contributed by atoms with Crippen LogP contribution >= 0.6 is 0 Å². The fourth-order valence-electron chi connectivity index (χ4n) is 3.34. The molecular weight excluding hydrogens is 238 g/mol. The molecular formula is C16H32NO2. The van der Waals surface area contributed by atoms with Crippen molar-refractivity contribution in [1.82, 2.24) is 5.06 Å². The van der Waals surface area contributed by atoms with Crippen molar-refractivity contribution in [3.8, 4) is 0 Å². The Hall–Kier alpha value is -0.120. The van der Waals surface area contributed by atoms with E-state index in [9.17, 15) is 5.21 Å². The van der Waals surface area contributed by atoms with Gasteiger partial charge in [0.15, 0.2) is 0 Å². The van der Waals surface area contributed by atoms with E-state index >= 15 is 0 Å². The first-order valence-corrected chi connectivity index (χ1v) is 7.86. The molecule has 0 aromatic rings. The third kappa shape index (κ3) is 4.44. The molecule has 0 N–H and O–H groups in total. The molecule has 1 heterocycles. The van der Waals surface area contributed by atoms with Gasteiger partial charge >= 0.3 is 0 Å². The van der Waals surface area contributed by atoms with Gasteiger partial charge in [-0.25, -0.2) is 0 Å². The first-order chi connectivity index (χ1) is 8.73. The van der Waals surface area contributed by atoms with Crippen LogP contribution in [0, 0.1) is 0 Å². The van der Waals surface area contributed by atoms with Crippen LogP contribution in [-0.2, 0) is 9.94 Å². The van der Waals surface area contributed by atoms with E-state index in [2.05, 4.69) is 13.8 Å². The average molecular weight is 270 g/mol. The summed E-state index contributed by atoms with van der Waals surface area (Å²) in [5, 5.41) is 13.6. The van der Waals surface area contributed by atoms with E-state index in [4.69, 9.17) is 4.74 Å². The molecule has 0 saturated carbocycles. The number of rotatable bonds is 6. The molecule has 0 aromatic heterocycles. The van der Waals surface area contributed by atoms with Gasteiger partial charge in [-0.05, 0) is 53.4 Å². The van der Waals surface area contributed by atoms with E-state index in [0.29, 0.717) is 6.10 Å². The van der Waals surface area contributed by atoms with Crippen molar-refractivity contribution >= 4 is 0 Å². The number of hydrogen-bond acceptors (Lipinski definition) is 2. The molecule has 0 aliphatic carbocycles. The van der Waals surface area contributed by atoms with Gasteiger partial charge in [-0.15, -0.1) is 10.3 Å². The van der Waals surface area contributed by atoms with Gasteiger partial charge in [0.2, 0.25) is 0 Å². The standard InChI is InChI=1S/C16H32NO2/c1-7-9-10-13(8-2)19-14-11-15(3,4)17(18)16(5,6)12-14/h13-14H,7-12H2,1-6H3. The molecule has 1 aliphatic heterocycles. The molecule has 113 valence electrons. The van der Waals surface area contributed by atoms with Crippen LogP contribution in [0.3, 0.4) is 0 Å². The molecule has 1 radical (unpaired) electrons. The first-order valence-electron chi connectivity index (χ1n) is 7.86. The number of unbranched alkanes of at least 4 members (excludes halogenated alkanes) is 1. The second-order valence-electron chi connectivity index (χ2n) is 7.26. The van der Waals surface area contributed by atoms with Crippen molar-refractivity contribution in [2.45, 2.75) is 103 Å². The van der Waals surface area contributed by atoms with Gasteiger partial charge in [0.1, 0.15) is 0 Å². The zero-order valence-corrected chi connectivity index (χ0v) is 13.7. The minimum absolute atomic E-state index is 0.219. The third-order valence-electron chi connectivity index (χ3n) is 4.27. The summed E-state index contributed by atoms with van der Waals surface area (Å²) in [5.74, 6) is 0. The van der Waals surface area contributed by atoms with E-state index in [1.165, 1.54) is 17.9 Å². The zero-order valence-electron chi connectivity index (χ0n) is 13.7. The van der Waals surface area contributed by atoms with Crippen molar-refractivity contribution in [2.75, 3.05) is 0 Å². The Morgan fingerprint density at radius 1 is 1.16 bits per heavy atom. The van der Waals surface area contributed by atoms with Crippen molar-refractivity contribution < 1.29 is 9.94 Å². The summed E-state index contributed by atoms with van der Waals surface area (Å²) >= 11 is 0. The minimum atomic E-state index is -0.324. The predicted octanol–water partition coefficient (Wildman–Crippen LogP) is 4.34. The molecule has 0 spiro atoms. The molecule has 1 rings (SSSR count). The number of piperidine rings is 1. The fourth-order valence-corrected chi connectivity index (χ4v) is 3.34. The number of ether oxygens (including phenoxy) is 1. The van der Waals surface area contributed by atoms with Crippen LogP contribution < -0.4 is 0 Å². The highest BCUT2D eigenvalue weighted by Crippen LogP contribution is 2.38. The molecule has 0 aromatic carbocycles. The molecule has 1 aliphatic rings. The molecule has 3 nitrogen and oxygen atoms in total. The Balaban J connectivity index is 2.63. The maximum absolute atomic E-state index is 12.3. The molecule has 1 fully saturated rings. The van der Waals surface area contributed by atoms with E-state index in [-0.39, 0.29) is 17.2 Å². The van der Waals surface area contributed by atoms with Crippen molar-refractivity contribution in [2.24, 2.45) is 0 Å². The predicted molar refractivity (Wildman–Crippen MR) is 78.4 cm³/mol. The van der Waals surface area contributed by atoms with E-state index in [1.54, 1.807) is 0 Å². The highest BCUT2D eigenvalue weighted by Gasteiger charge is 2.46. The highest BCUT2D eigenvalue weighted by molar-refractivity contribution is 4.96. The van der Waals surface area contributed by atoms with Gasteiger partial charge in [-0.2, -0.15) is 0 Å². The Morgan fingerprint density at radius 3 is 2.11 bits per heavy atom. The van der Waals surface area contributed by atoms with Gasteiger partial charge in [0.25, 0.3) is 0 Å². The Morgan fingerprint density at radius 2 is 1.68 bits per heavy atom. The summed E-state index contributed by atoms with van der Waals surface area (Å²) in [7, 11) is 0. The number of hydrogen-bond donors (Lipinski definition) is 0. The van der Waals surface area contributed by atoms with Gasteiger partial charge in [-0.3, -0.25) is 0 Å².